The van der Waals surface area contributed by atoms with Gasteiger partial charge < -0.3 is 0 Å². The van der Waals surface area contributed by atoms with Gasteiger partial charge in [-0.2, -0.15) is 9.49 Å². The number of nitrogens with zero attached hydrogens (tertiary/aromatic N) is 3. The minimum absolute atomic E-state index is 0.527. The predicted octanol–water partition coefficient (Wildman–Crippen LogP) is 2.13. The lowest BCUT2D eigenvalue weighted by atomic mass is 10.1. The first-order valence-electron chi connectivity index (χ1n) is 4.51. The average Bonchev–Trinajstić information content (AvgIpc) is 2.65. The second kappa shape index (κ2) is 3.73. The van der Waals surface area contributed by atoms with E-state index in [2.05, 4.69) is 5.10 Å². The molecule has 0 aliphatic rings. The van der Waals surface area contributed by atoms with Gasteiger partial charge in [0.25, 0.3) is 0 Å². The van der Waals surface area contributed by atoms with Crippen LogP contribution in [0.5, 0.6) is 0 Å². The number of rotatable bonds is 2. The summed E-state index contributed by atoms with van der Waals surface area (Å²) in [6.07, 6.45) is 3.27. The Hall–Kier alpha value is -2.24. The predicted molar refractivity (Wildman–Crippen MR) is 55.3 cm³/mol. The fraction of sp³-hybridized carbons (Fsp3) is 0.100. The molecule has 6 heteroatoms. The highest BCUT2D eigenvalue weighted by Crippen LogP contribution is 2.25. The summed E-state index contributed by atoms with van der Waals surface area (Å²) < 4.78 is 14.7. The number of halogens is 1. The van der Waals surface area contributed by atoms with Crippen molar-refractivity contribution in [2.45, 2.75) is 0 Å². The SMILES string of the molecule is Cn1cc(-c2ccc(F)c([N+](=O)[O-])c2)cn1. The molecule has 0 spiro atoms. The zero-order valence-corrected chi connectivity index (χ0v) is 8.42. The Bertz CT molecular complexity index is 551. The van der Waals surface area contributed by atoms with Crippen molar-refractivity contribution >= 4 is 5.69 Å². The summed E-state index contributed by atoms with van der Waals surface area (Å²) in [5, 5.41) is 14.5. The van der Waals surface area contributed by atoms with Crippen LogP contribution in [-0.2, 0) is 7.05 Å². The van der Waals surface area contributed by atoms with Gasteiger partial charge >= 0.3 is 5.69 Å². The molecule has 0 saturated heterocycles. The second-order valence-electron chi connectivity index (χ2n) is 3.33. The molecule has 0 amide bonds. The van der Waals surface area contributed by atoms with Gasteiger partial charge in [-0.05, 0) is 11.6 Å². The molecule has 5 nitrogen and oxygen atoms in total. The van der Waals surface area contributed by atoms with E-state index in [9.17, 15) is 14.5 Å². The molecule has 0 bridgehead atoms. The van der Waals surface area contributed by atoms with Crippen molar-refractivity contribution in [2.24, 2.45) is 7.05 Å². The van der Waals surface area contributed by atoms with Gasteiger partial charge in [-0.25, -0.2) is 0 Å². The third kappa shape index (κ3) is 1.77. The summed E-state index contributed by atoms with van der Waals surface area (Å²) in [6, 6.07) is 3.77. The Labute approximate surface area is 90.3 Å². The van der Waals surface area contributed by atoms with Gasteiger partial charge in [-0.1, -0.05) is 6.07 Å². The Kier molecular flexibility index (Phi) is 2.40. The van der Waals surface area contributed by atoms with Crippen molar-refractivity contribution in [3.63, 3.8) is 0 Å². The third-order valence-corrected chi connectivity index (χ3v) is 2.18. The molecule has 2 rings (SSSR count). The van der Waals surface area contributed by atoms with Crippen molar-refractivity contribution in [2.75, 3.05) is 0 Å². The highest BCUT2D eigenvalue weighted by molar-refractivity contribution is 5.64. The number of hydrogen-bond donors (Lipinski definition) is 0. The van der Waals surface area contributed by atoms with E-state index in [-0.39, 0.29) is 0 Å². The molecule has 0 atom stereocenters. The molecule has 0 N–H and O–H groups in total. The summed E-state index contributed by atoms with van der Waals surface area (Å²) in [5.41, 5.74) is 0.758. The zero-order valence-electron chi connectivity index (χ0n) is 8.42. The minimum Gasteiger partial charge on any atom is -0.275 e. The molecule has 1 aromatic heterocycles. The maximum Gasteiger partial charge on any atom is 0.305 e. The monoisotopic (exact) mass is 221 g/mol. The highest BCUT2D eigenvalue weighted by atomic mass is 19.1. The van der Waals surface area contributed by atoms with Crippen molar-refractivity contribution in [3.8, 4) is 11.1 Å². The van der Waals surface area contributed by atoms with Crippen LogP contribution in [0.25, 0.3) is 11.1 Å². The molecule has 1 heterocycles. The average molecular weight is 221 g/mol. The van der Waals surface area contributed by atoms with E-state index >= 15 is 0 Å². The van der Waals surface area contributed by atoms with Gasteiger partial charge in [-0.15, -0.1) is 0 Å². The van der Waals surface area contributed by atoms with Crippen molar-refractivity contribution < 1.29 is 9.31 Å². The van der Waals surface area contributed by atoms with Crippen LogP contribution in [0.3, 0.4) is 0 Å². The molecule has 0 unspecified atom stereocenters. The molecule has 0 saturated carbocycles. The first-order valence-corrected chi connectivity index (χ1v) is 4.51. The Morgan fingerprint density at radius 2 is 2.19 bits per heavy atom. The Balaban J connectivity index is 2.51. The number of nitro benzene ring substituents is 1. The lowest BCUT2D eigenvalue weighted by Gasteiger charge is -1.98. The topological polar surface area (TPSA) is 61.0 Å². The largest absolute Gasteiger partial charge is 0.305 e. The van der Waals surface area contributed by atoms with E-state index < -0.39 is 16.4 Å². The molecule has 0 aliphatic carbocycles. The number of nitro groups is 1. The lowest BCUT2D eigenvalue weighted by molar-refractivity contribution is -0.387. The molecule has 82 valence electrons. The van der Waals surface area contributed by atoms with Gasteiger partial charge in [0.2, 0.25) is 5.82 Å². The van der Waals surface area contributed by atoms with E-state index in [0.29, 0.717) is 11.1 Å². The van der Waals surface area contributed by atoms with Gasteiger partial charge in [0.15, 0.2) is 0 Å². The van der Waals surface area contributed by atoms with E-state index in [0.717, 1.165) is 6.07 Å². The van der Waals surface area contributed by atoms with Crippen molar-refractivity contribution in [1.82, 2.24) is 9.78 Å². The number of hydrogen-bond acceptors (Lipinski definition) is 3. The molecule has 1 aromatic carbocycles. The molecule has 0 radical (unpaired) electrons. The fourth-order valence-corrected chi connectivity index (χ4v) is 1.40. The molecule has 0 aliphatic heterocycles. The van der Waals surface area contributed by atoms with Crippen LogP contribution in [-0.4, -0.2) is 14.7 Å². The second-order valence-corrected chi connectivity index (χ2v) is 3.33. The van der Waals surface area contributed by atoms with E-state index in [1.54, 1.807) is 24.1 Å². The first kappa shape index (κ1) is 10.3. The van der Waals surface area contributed by atoms with Crippen molar-refractivity contribution in [3.05, 3.63) is 46.5 Å². The van der Waals surface area contributed by atoms with Crippen LogP contribution >= 0.6 is 0 Å². The van der Waals surface area contributed by atoms with Gasteiger partial charge in [-0.3, -0.25) is 14.8 Å². The normalized spacial score (nSPS) is 10.4. The molecular weight excluding hydrogens is 213 g/mol. The van der Waals surface area contributed by atoms with Crippen molar-refractivity contribution in [1.29, 1.82) is 0 Å². The number of benzene rings is 1. The van der Waals surface area contributed by atoms with E-state index in [1.807, 2.05) is 0 Å². The van der Waals surface area contributed by atoms with Crippen LogP contribution in [0, 0.1) is 15.9 Å². The van der Waals surface area contributed by atoms with Crippen LogP contribution in [0.1, 0.15) is 0 Å². The maximum atomic E-state index is 13.1. The summed E-state index contributed by atoms with van der Waals surface area (Å²) in [7, 11) is 1.74. The Morgan fingerprint density at radius 3 is 2.75 bits per heavy atom. The standard InChI is InChI=1S/C10H8FN3O2/c1-13-6-8(5-12-13)7-2-3-9(11)10(4-7)14(15)16/h2-6H,1H3. The number of aromatic nitrogens is 2. The fourth-order valence-electron chi connectivity index (χ4n) is 1.40. The molecule has 2 aromatic rings. The summed E-state index contributed by atoms with van der Waals surface area (Å²) in [4.78, 5) is 9.81. The highest BCUT2D eigenvalue weighted by Gasteiger charge is 2.15. The van der Waals surface area contributed by atoms with Crippen LogP contribution in [0.2, 0.25) is 0 Å². The van der Waals surface area contributed by atoms with Crippen LogP contribution in [0.4, 0.5) is 10.1 Å². The van der Waals surface area contributed by atoms with E-state index in [1.165, 1.54) is 12.1 Å². The lowest BCUT2D eigenvalue weighted by Crippen LogP contribution is -1.92. The first-order chi connectivity index (χ1) is 7.58. The summed E-state index contributed by atoms with van der Waals surface area (Å²) in [5.74, 6) is -0.836. The zero-order chi connectivity index (χ0) is 11.7. The smallest absolute Gasteiger partial charge is 0.275 e. The number of aryl methyl sites for hydroxylation is 1. The van der Waals surface area contributed by atoms with Gasteiger partial charge in [0.1, 0.15) is 0 Å². The van der Waals surface area contributed by atoms with Crippen LogP contribution < -0.4 is 0 Å². The van der Waals surface area contributed by atoms with Gasteiger partial charge in [0, 0.05) is 24.9 Å². The summed E-state index contributed by atoms with van der Waals surface area (Å²) >= 11 is 0. The van der Waals surface area contributed by atoms with E-state index in [4.69, 9.17) is 0 Å². The Morgan fingerprint density at radius 1 is 1.44 bits per heavy atom. The molecular formula is C10H8FN3O2. The van der Waals surface area contributed by atoms with Crippen LogP contribution in [0.15, 0.2) is 30.6 Å². The minimum atomic E-state index is -0.836. The summed E-state index contributed by atoms with van der Waals surface area (Å²) in [6.45, 7) is 0. The quantitative estimate of drug-likeness (QED) is 0.576. The third-order valence-electron chi connectivity index (χ3n) is 2.18. The maximum absolute atomic E-state index is 13.1. The molecule has 16 heavy (non-hydrogen) atoms. The molecule has 0 fully saturated rings. The van der Waals surface area contributed by atoms with Gasteiger partial charge in [0.05, 0.1) is 11.1 Å².